The van der Waals surface area contributed by atoms with Crippen LogP contribution in [0.15, 0.2) is 6.33 Å². The third-order valence-electron chi connectivity index (χ3n) is 5.29. The van der Waals surface area contributed by atoms with Crippen molar-refractivity contribution in [3.8, 4) is 5.88 Å². The highest BCUT2D eigenvalue weighted by atomic mass is 31.3. The van der Waals surface area contributed by atoms with Crippen molar-refractivity contribution in [2.45, 2.75) is 44.0 Å². The molecule has 3 unspecified atom stereocenters. The first kappa shape index (κ1) is 27.5. The molecule has 7 atom stereocenters. The molecular weight excluding hydrogens is 555 g/mol. The minimum Gasteiger partial charge on any atom is -0.476 e. The molecule has 0 aliphatic carbocycles. The fourth-order valence-electron chi connectivity index (χ4n) is 3.90. The average Bonchev–Trinajstić information content (AvgIpc) is 3.35. The molecule has 2 aromatic rings. The number of aliphatic hydroxyl groups excluding tert-OH is 1. The first-order valence-corrected chi connectivity index (χ1v) is 14.5. The van der Waals surface area contributed by atoms with Gasteiger partial charge >= 0.3 is 23.5 Å². The van der Waals surface area contributed by atoms with E-state index >= 15 is 0 Å². The molecule has 0 spiro atoms. The Hall–Kier alpha value is -1.56. The summed E-state index contributed by atoms with van der Waals surface area (Å²) in [7, 11) is -16.8. The minimum atomic E-state index is -5.74. The van der Waals surface area contributed by atoms with Crippen LogP contribution in [0.25, 0.3) is 11.2 Å². The van der Waals surface area contributed by atoms with E-state index in [0.717, 1.165) is 0 Å². The zero-order valence-corrected chi connectivity index (χ0v) is 21.1. The van der Waals surface area contributed by atoms with Gasteiger partial charge in [0.15, 0.2) is 17.4 Å². The Kier molecular flexibility index (Phi) is 7.11. The molecule has 7 N–H and O–H groups in total. The van der Waals surface area contributed by atoms with Gasteiger partial charge in [-0.3, -0.25) is 9.09 Å². The lowest BCUT2D eigenvalue weighted by molar-refractivity contribution is -0.202. The number of anilines is 1. The van der Waals surface area contributed by atoms with Crippen LogP contribution in [0, 0.1) is 0 Å². The van der Waals surface area contributed by atoms with Crippen molar-refractivity contribution >= 4 is 40.6 Å². The van der Waals surface area contributed by atoms with Crippen LogP contribution in [-0.2, 0) is 36.3 Å². The van der Waals surface area contributed by atoms with Crippen LogP contribution in [-0.4, -0.2) is 81.3 Å². The van der Waals surface area contributed by atoms with E-state index in [4.69, 9.17) is 34.3 Å². The number of nitrogens with two attached hydrogens (primary N) is 1. The molecule has 2 saturated heterocycles. The molecule has 36 heavy (non-hydrogen) atoms. The van der Waals surface area contributed by atoms with Crippen molar-refractivity contribution in [2.24, 2.45) is 0 Å². The quantitative estimate of drug-likeness (QED) is 0.195. The second-order valence-electron chi connectivity index (χ2n) is 7.67. The highest BCUT2D eigenvalue weighted by Crippen LogP contribution is 2.67. The number of imidazole rings is 1. The number of fused-ring (bicyclic) bond motifs is 3. The summed E-state index contributed by atoms with van der Waals surface area (Å²) >= 11 is 0. The van der Waals surface area contributed by atoms with Crippen molar-refractivity contribution in [2.75, 3.05) is 18.9 Å². The van der Waals surface area contributed by atoms with Gasteiger partial charge in [0.2, 0.25) is 11.8 Å². The van der Waals surface area contributed by atoms with E-state index in [-0.39, 0.29) is 36.2 Å². The Bertz CT molecular complexity index is 1300. The number of ether oxygens (including phenoxy) is 3. The normalized spacial score (nSPS) is 30.2. The molecule has 4 rings (SSSR count). The predicted molar refractivity (Wildman–Crippen MR) is 114 cm³/mol. The molecule has 4 heterocycles. The van der Waals surface area contributed by atoms with Crippen LogP contribution >= 0.6 is 23.5 Å². The zero-order chi connectivity index (χ0) is 26.7. The number of hydrogen-bond acceptors (Lipinski definition) is 14. The molecule has 22 heteroatoms. The Balaban J connectivity index is 1.58. The second-order valence-corrected chi connectivity index (χ2v) is 12.0. The zero-order valence-electron chi connectivity index (χ0n) is 18.4. The lowest BCUT2D eigenvalue weighted by Crippen LogP contribution is -2.50. The topological polar surface area (TPSA) is 277 Å². The molecule has 0 aromatic carbocycles. The van der Waals surface area contributed by atoms with E-state index < -0.39 is 53.6 Å². The van der Waals surface area contributed by atoms with E-state index in [9.17, 15) is 28.6 Å². The fourth-order valence-corrected chi connectivity index (χ4v) is 7.14. The van der Waals surface area contributed by atoms with Crippen molar-refractivity contribution in [1.82, 2.24) is 19.5 Å². The van der Waals surface area contributed by atoms with Gasteiger partial charge in [-0.05, 0) is 13.8 Å². The van der Waals surface area contributed by atoms with Crippen LogP contribution in [0.5, 0.6) is 5.88 Å². The summed E-state index contributed by atoms with van der Waals surface area (Å²) in [6.45, 7) is 2.84. The number of aliphatic hydroxyl groups is 1. The third-order valence-corrected chi connectivity index (χ3v) is 9.20. The maximum Gasteiger partial charge on any atom is 0.490 e. The number of hydrogen-bond donors (Lipinski definition) is 6. The number of rotatable bonds is 10. The number of aromatic nitrogens is 4. The summed E-state index contributed by atoms with van der Waals surface area (Å²) in [5.41, 5.74) is 4.38. The number of phosphoric acid groups is 3. The summed E-state index contributed by atoms with van der Waals surface area (Å²) < 4.78 is 65.4. The van der Waals surface area contributed by atoms with Gasteiger partial charge in [-0.1, -0.05) is 0 Å². The molecule has 19 nitrogen and oxygen atoms in total. The molecule has 2 aromatic heterocycles. The van der Waals surface area contributed by atoms with E-state index in [1.54, 1.807) is 6.92 Å². The highest BCUT2D eigenvalue weighted by molar-refractivity contribution is 7.66. The van der Waals surface area contributed by atoms with Crippen LogP contribution in [0.3, 0.4) is 0 Å². The van der Waals surface area contributed by atoms with Gasteiger partial charge in [0.25, 0.3) is 0 Å². The molecule has 2 aliphatic rings. The van der Waals surface area contributed by atoms with E-state index in [2.05, 4.69) is 23.6 Å². The third kappa shape index (κ3) is 5.21. The Labute approximate surface area is 201 Å². The Morgan fingerprint density at radius 1 is 1.22 bits per heavy atom. The monoisotopic (exact) mass is 577 g/mol. The Morgan fingerprint density at radius 2 is 1.92 bits per heavy atom. The Morgan fingerprint density at radius 3 is 2.56 bits per heavy atom. The first-order valence-electron chi connectivity index (χ1n) is 10.00. The van der Waals surface area contributed by atoms with E-state index in [0.29, 0.717) is 0 Å². The van der Waals surface area contributed by atoms with Gasteiger partial charge in [-0.2, -0.15) is 18.6 Å². The highest BCUT2D eigenvalue weighted by Gasteiger charge is 2.65. The summed E-state index contributed by atoms with van der Waals surface area (Å²) in [4.78, 5) is 48.8. The van der Waals surface area contributed by atoms with Gasteiger partial charge in [0.05, 0.1) is 19.5 Å². The largest absolute Gasteiger partial charge is 0.490 e. The summed E-state index contributed by atoms with van der Waals surface area (Å²) in [6.07, 6.45) is -3.81. The van der Waals surface area contributed by atoms with Crippen LogP contribution in [0.2, 0.25) is 0 Å². The summed E-state index contributed by atoms with van der Waals surface area (Å²) in [5, 5.41) is 10.9. The van der Waals surface area contributed by atoms with E-state index in [1.165, 1.54) is 17.8 Å². The molecule has 202 valence electrons. The molecular formula is C14H22N5O14P3. The standard InChI is InChI=1S/C14H22N5O14P3/c1-3-28-11-7-10(17-13(15)18-11)19(5-16-7)12-8-9(20)14(30-12,4-29-8)6(2)31-35(24,25)33-36(26,27)32-34(21,22)23/h5-6,8-9,12,20H,3-4H2,1-2H3,(H,24,25)(H,26,27)(H2,15,17,18)(H2,21,22,23)/t6?,8-,9+,12-,14-/m1/s1. The van der Waals surface area contributed by atoms with Gasteiger partial charge in [-0.25, -0.2) is 18.7 Å². The smallest absolute Gasteiger partial charge is 0.476 e. The first-order chi connectivity index (χ1) is 16.6. The van der Waals surface area contributed by atoms with Gasteiger partial charge < -0.3 is 44.6 Å². The molecule has 2 bridgehead atoms. The summed E-state index contributed by atoms with van der Waals surface area (Å²) in [5.74, 6) is -0.0211. The number of nitrogens with zero attached hydrogens (tertiary/aromatic N) is 4. The van der Waals surface area contributed by atoms with Gasteiger partial charge in [0, 0.05) is 0 Å². The minimum absolute atomic E-state index is 0.110. The number of nitrogen functional groups attached to an aromatic ring is 1. The maximum atomic E-state index is 12.3. The van der Waals surface area contributed by atoms with Crippen molar-refractivity contribution < 1.29 is 65.7 Å². The number of phosphoric ester groups is 1. The van der Waals surface area contributed by atoms with Crippen LogP contribution in [0.1, 0.15) is 20.1 Å². The van der Waals surface area contributed by atoms with Crippen LogP contribution in [0.4, 0.5) is 5.95 Å². The molecule has 0 radical (unpaired) electrons. The SMILES string of the molecule is CCOc1nc(N)nc2c1ncn2[C@@H]1O[C@@]2(C(C)OP(=O)(O)OP(=O)(O)OP(=O)(O)O)CO[C@@H]1[C@@H]2O. The predicted octanol–water partition coefficient (Wildman–Crippen LogP) is -0.434. The molecule has 0 saturated carbocycles. The van der Waals surface area contributed by atoms with E-state index in [1.807, 2.05) is 0 Å². The van der Waals surface area contributed by atoms with Crippen molar-refractivity contribution in [3.63, 3.8) is 0 Å². The molecule has 2 fully saturated rings. The van der Waals surface area contributed by atoms with Crippen LogP contribution < -0.4 is 10.5 Å². The van der Waals surface area contributed by atoms with Gasteiger partial charge in [-0.15, -0.1) is 0 Å². The maximum absolute atomic E-state index is 12.3. The fraction of sp³-hybridized carbons (Fsp3) is 0.643. The van der Waals surface area contributed by atoms with Crippen molar-refractivity contribution in [1.29, 1.82) is 0 Å². The second kappa shape index (κ2) is 9.32. The average molecular weight is 577 g/mol. The lowest BCUT2D eigenvalue weighted by Gasteiger charge is -2.35. The lowest BCUT2D eigenvalue weighted by atomic mass is 9.94. The van der Waals surface area contributed by atoms with Gasteiger partial charge in [0.1, 0.15) is 23.9 Å². The summed E-state index contributed by atoms with van der Waals surface area (Å²) in [6, 6.07) is 0. The van der Waals surface area contributed by atoms with Crippen molar-refractivity contribution in [3.05, 3.63) is 6.33 Å². The molecule has 0 amide bonds. The molecule has 2 aliphatic heterocycles.